The van der Waals surface area contributed by atoms with E-state index in [1.54, 1.807) is 0 Å². The van der Waals surface area contributed by atoms with Gasteiger partial charge >= 0.3 is 6.18 Å². The van der Waals surface area contributed by atoms with Crippen LogP contribution in [-0.2, 0) is 12.6 Å². The first kappa shape index (κ1) is 15.9. The Morgan fingerprint density at radius 1 is 1.24 bits per heavy atom. The van der Waals surface area contributed by atoms with Gasteiger partial charge in [-0.2, -0.15) is 13.2 Å². The van der Waals surface area contributed by atoms with Crippen molar-refractivity contribution in [3.05, 3.63) is 57.5 Å². The van der Waals surface area contributed by atoms with Gasteiger partial charge in [-0.25, -0.2) is 4.39 Å². The van der Waals surface area contributed by atoms with E-state index >= 15 is 0 Å². The Morgan fingerprint density at radius 2 is 2.00 bits per heavy atom. The molecule has 1 heterocycles. The van der Waals surface area contributed by atoms with Crippen LogP contribution in [0.3, 0.4) is 0 Å². The van der Waals surface area contributed by atoms with E-state index in [0.29, 0.717) is 12.8 Å². The first-order valence-corrected chi connectivity index (χ1v) is 7.15. The smallest absolute Gasteiger partial charge is 0.271 e. The van der Waals surface area contributed by atoms with Crippen LogP contribution in [0.15, 0.2) is 35.7 Å². The van der Waals surface area contributed by atoms with Crippen LogP contribution in [0, 0.1) is 5.82 Å². The molecular formula is C14H14F4N2S. The van der Waals surface area contributed by atoms with Gasteiger partial charge in [0, 0.05) is 10.9 Å². The molecule has 1 atom stereocenters. The predicted octanol–water partition coefficient (Wildman–Crippen LogP) is 4.04. The van der Waals surface area contributed by atoms with Crippen LogP contribution in [0.1, 0.15) is 28.5 Å². The lowest BCUT2D eigenvalue weighted by molar-refractivity contribution is -0.138. The number of nitrogens with two attached hydrogens (primary N) is 1. The van der Waals surface area contributed by atoms with E-state index in [4.69, 9.17) is 5.84 Å². The minimum Gasteiger partial charge on any atom is -0.271 e. The number of aryl methyl sites for hydroxylation is 1. The lowest BCUT2D eigenvalue weighted by atomic mass is 9.96. The van der Waals surface area contributed by atoms with Crippen molar-refractivity contribution in [2.24, 2.45) is 5.84 Å². The summed E-state index contributed by atoms with van der Waals surface area (Å²) in [6.45, 7) is 0. The van der Waals surface area contributed by atoms with Crippen molar-refractivity contribution in [2.45, 2.75) is 25.1 Å². The Balaban J connectivity index is 2.26. The van der Waals surface area contributed by atoms with Crippen LogP contribution in [0.4, 0.5) is 17.6 Å². The van der Waals surface area contributed by atoms with Gasteiger partial charge in [0.25, 0.3) is 0 Å². The van der Waals surface area contributed by atoms with Crippen molar-refractivity contribution in [1.29, 1.82) is 0 Å². The van der Waals surface area contributed by atoms with E-state index in [9.17, 15) is 17.6 Å². The molecule has 3 N–H and O–H groups in total. The van der Waals surface area contributed by atoms with Crippen molar-refractivity contribution >= 4 is 11.3 Å². The van der Waals surface area contributed by atoms with E-state index < -0.39 is 23.6 Å². The molecule has 0 aliphatic heterocycles. The zero-order chi connectivity index (χ0) is 15.5. The zero-order valence-corrected chi connectivity index (χ0v) is 11.8. The molecule has 0 amide bonds. The highest BCUT2D eigenvalue weighted by Crippen LogP contribution is 2.36. The van der Waals surface area contributed by atoms with Gasteiger partial charge in [-0.3, -0.25) is 11.3 Å². The molecule has 21 heavy (non-hydrogen) atoms. The first-order valence-electron chi connectivity index (χ1n) is 6.27. The maximum Gasteiger partial charge on any atom is 0.416 e. The lowest BCUT2D eigenvalue weighted by Crippen LogP contribution is -2.30. The molecule has 0 aliphatic rings. The fraction of sp³-hybridized carbons (Fsp3) is 0.286. The number of thiophene rings is 1. The van der Waals surface area contributed by atoms with Gasteiger partial charge in [0.2, 0.25) is 0 Å². The summed E-state index contributed by atoms with van der Waals surface area (Å²) >= 11 is 1.52. The summed E-state index contributed by atoms with van der Waals surface area (Å²) in [6.07, 6.45) is -3.62. The van der Waals surface area contributed by atoms with Gasteiger partial charge < -0.3 is 0 Å². The number of alkyl halides is 3. The van der Waals surface area contributed by atoms with Gasteiger partial charge in [0.1, 0.15) is 5.82 Å². The molecule has 7 heteroatoms. The van der Waals surface area contributed by atoms with Crippen LogP contribution in [0.5, 0.6) is 0 Å². The van der Waals surface area contributed by atoms with E-state index in [1.807, 2.05) is 17.5 Å². The standard InChI is InChI=1S/C14H14F4N2S/c15-9-3-5-12(14(16,17)18)11(8-9)13(20-19)6-4-10-2-1-7-21-10/h1-3,5,7-8,13,20H,4,6,19H2. The molecule has 2 nitrogen and oxygen atoms in total. The normalized spacial score (nSPS) is 13.4. The Morgan fingerprint density at radius 3 is 2.57 bits per heavy atom. The molecule has 1 unspecified atom stereocenters. The van der Waals surface area contributed by atoms with E-state index in [-0.39, 0.29) is 5.56 Å². The number of benzene rings is 1. The molecule has 0 saturated carbocycles. The Labute approximate surface area is 123 Å². The summed E-state index contributed by atoms with van der Waals surface area (Å²) in [4.78, 5) is 1.04. The molecule has 1 aromatic heterocycles. The van der Waals surface area contributed by atoms with Crippen molar-refractivity contribution in [3.63, 3.8) is 0 Å². The van der Waals surface area contributed by atoms with Gasteiger partial charge in [0.15, 0.2) is 0 Å². The van der Waals surface area contributed by atoms with Crippen molar-refractivity contribution in [3.8, 4) is 0 Å². The molecule has 0 radical (unpaired) electrons. The fourth-order valence-electron chi connectivity index (χ4n) is 2.15. The molecule has 0 fully saturated rings. The highest BCUT2D eigenvalue weighted by Gasteiger charge is 2.35. The van der Waals surface area contributed by atoms with Gasteiger partial charge in [-0.05, 0) is 48.1 Å². The largest absolute Gasteiger partial charge is 0.416 e. The molecule has 0 bridgehead atoms. The highest BCUT2D eigenvalue weighted by molar-refractivity contribution is 7.09. The molecule has 2 rings (SSSR count). The highest BCUT2D eigenvalue weighted by atomic mass is 32.1. The average molecular weight is 318 g/mol. The zero-order valence-electron chi connectivity index (χ0n) is 11.0. The third kappa shape index (κ3) is 4.03. The lowest BCUT2D eigenvalue weighted by Gasteiger charge is -2.21. The van der Waals surface area contributed by atoms with Crippen molar-refractivity contribution < 1.29 is 17.6 Å². The Kier molecular flexibility index (Phi) is 4.97. The van der Waals surface area contributed by atoms with Crippen LogP contribution in [0.25, 0.3) is 0 Å². The molecular weight excluding hydrogens is 304 g/mol. The monoisotopic (exact) mass is 318 g/mol. The number of nitrogens with one attached hydrogen (secondary N) is 1. The number of hydrogen-bond acceptors (Lipinski definition) is 3. The summed E-state index contributed by atoms with van der Waals surface area (Å²) in [5.41, 5.74) is 1.33. The van der Waals surface area contributed by atoms with Crippen LogP contribution in [0.2, 0.25) is 0 Å². The quantitative estimate of drug-likeness (QED) is 0.496. The molecule has 0 aliphatic carbocycles. The SMILES string of the molecule is NNC(CCc1cccs1)c1cc(F)ccc1C(F)(F)F. The molecule has 1 aromatic carbocycles. The average Bonchev–Trinajstić information content (AvgIpc) is 2.91. The maximum absolute atomic E-state index is 13.3. The number of hydrogen-bond donors (Lipinski definition) is 2. The minimum atomic E-state index is -4.54. The summed E-state index contributed by atoms with van der Waals surface area (Å²) in [5, 5.41) is 1.89. The van der Waals surface area contributed by atoms with Crippen LogP contribution < -0.4 is 11.3 Å². The second kappa shape index (κ2) is 6.55. The summed E-state index contributed by atoms with van der Waals surface area (Å²) in [7, 11) is 0. The van der Waals surface area contributed by atoms with E-state index in [1.165, 1.54) is 11.3 Å². The molecule has 114 valence electrons. The second-order valence-electron chi connectivity index (χ2n) is 4.57. The molecule has 2 aromatic rings. The van der Waals surface area contributed by atoms with E-state index in [2.05, 4.69) is 5.43 Å². The summed E-state index contributed by atoms with van der Waals surface area (Å²) in [5.74, 6) is 4.66. The molecule has 0 spiro atoms. The summed E-state index contributed by atoms with van der Waals surface area (Å²) < 4.78 is 52.3. The third-order valence-electron chi connectivity index (χ3n) is 3.16. The first-order chi connectivity index (χ1) is 9.91. The maximum atomic E-state index is 13.3. The van der Waals surface area contributed by atoms with Crippen LogP contribution >= 0.6 is 11.3 Å². The summed E-state index contributed by atoms with van der Waals surface area (Å²) in [6, 6.07) is 5.45. The minimum absolute atomic E-state index is 0.165. The topological polar surface area (TPSA) is 38.0 Å². The third-order valence-corrected chi connectivity index (χ3v) is 4.09. The van der Waals surface area contributed by atoms with Gasteiger partial charge in [-0.1, -0.05) is 6.07 Å². The van der Waals surface area contributed by atoms with Crippen LogP contribution in [-0.4, -0.2) is 0 Å². The predicted molar refractivity (Wildman–Crippen MR) is 74.1 cm³/mol. The number of halogens is 4. The van der Waals surface area contributed by atoms with Gasteiger partial charge in [-0.15, -0.1) is 11.3 Å². The van der Waals surface area contributed by atoms with Crippen molar-refractivity contribution in [2.75, 3.05) is 0 Å². The fourth-order valence-corrected chi connectivity index (χ4v) is 2.87. The number of rotatable bonds is 5. The Bertz CT molecular complexity index is 581. The van der Waals surface area contributed by atoms with Gasteiger partial charge in [0.05, 0.1) is 5.56 Å². The molecule has 0 saturated heterocycles. The van der Waals surface area contributed by atoms with Crippen molar-refractivity contribution in [1.82, 2.24) is 5.43 Å². The number of hydrazine groups is 1. The second-order valence-corrected chi connectivity index (χ2v) is 5.60. The van der Waals surface area contributed by atoms with E-state index in [0.717, 1.165) is 23.1 Å². The Hall–Kier alpha value is -1.44.